The fourth-order valence-electron chi connectivity index (χ4n) is 2.39. The first-order valence-corrected chi connectivity index (χ1v) is 9.30. The molecular weight excluding hydrogens is 437 g/mol. The summed E-state index contributed by atoms with van der Waals surface area (Å²) < 4.78 is 6.37. The van der Waals surface area contributed by atoms with Crippen LogP contribution < -0.4 is 10.1 Å². The lowest BCUT2D eigenvalue weighted by atomic mass is 10.1. The van der Waals surface area contributed by atoms with Crippen LogP contribution in [0.4, 0.5) is 5.69 Å². The molecule has 0 radical (unpaired) electrons. The van der Waals surface area contributed by atoms with E-state index in [9.17, 15) is 4.79 Å². The standard InChI is InChI=1S/C20H14BrCl2NO2/c21-18-8-14(13-4-2-1-3-5-13)6-7-19(18)26-12-20(25)24-17-10-15(22)9-16(23)11-17/h1-11H,12H2,(H,24,25). The van der Waals surface area contributed by atoms with Crippen LogP contribution >= 0.6 is 39.1 Å². The van der Waals surface area contributed by atoms with Crippen molar-refractivity contribution in [3.63, 3.8) is 0 Å². The Balaban J connectivity index is 1.63. The van der Waals surface area contributed by atoms with Gasteiger partial charge in [0.1, 0.15) is 5.75 Å². The molecule has 0 unspecified atom stereocenters. The van der Waals surface area contributed by atoms with Crippen LogP contribution in [-0.2, 0) is 4.79 Å². The van der Waals surface area contributed by atoms with Crippen LogP contribution in [0.25, 0.3) is 11.1 Å². The van der Waals surface area contributed by atoms with E-state index < -0.39 is 0 Å². The average Bonchev–Trinajstić information content (AvgIpc) is 2.60. The smallest absolute Gasteiger partial charge is 0.262 e. The normalized spacial score (nSPS) is 10.4. The zero-order valence-electron chi connectivity index (χ0n) is 13.5. The van der Waals surface area contributed by atoms with Gasteiger partial charge < -0.3 is 10.1 Å². The molecule has 0 saturated carbocycles. The van der Waals surface area contributed by atoms with Gasteiger partial charge in [0.15, 0.2) is 6.61 Å². The van der Waals surface area contributed by atoms with Crippen molar-refractivity contribution in [3.05, 3.63) is 81.2 Å². The summed E-state index contributed by atoms with van der Waals surface area (Å²) in [6, 6.07) is 20.6. The summed E-state index contributed by atoms with van der Waals surface area (Å²) in [5.41, 5.74) is 2.69. The molecule has 0 aliphatic heterocycles. The molecule has 132 valence electrons. The molecule has 3 aromatic rings. The van der Waals surface area contributed by atoms with Gasteiger partial charge in [-0.2, -0.15) is 0 Å². The van der Waals surface area contributed by atoms with Gasteiger partial charge >= 0.3 is 0 Å². The minimum Gasteiger partial charge on any atom is -0.483 e. The van der Waals surface area contributed by atoms with E-state index in [2.05, 4.69) is 21.2 Å². The highest BCUT2D eigenvalue weighted by molar-refractivity contribution is 9.10. The van der Waals surface area contributed by atoms with Gasteiger partial charge in [-0.15, -0.1) is 0 Å². The second-order valence-corrected chi connectivity index (χ2v) is 7.23. The summed E-state index contributed by atoms with van der Waals surface area (Å²) in [6.45, 7) is -0.132. The Kier molecular flexibility index (Phi) is 6.20. The second-order valence-electron chi connectivity index (χ2n) is 5.51. The number of benzene rings is 3. The maximum Gasteiger partial charge on any atom is 0.262 e. The van der Waals surface area contributed by atoms with E-state index >= 15 is 0 Å². The Morgan fingerprint density at radius 3 is 2.27 bits per heavy atom. The monoisotopic (exact) mass is 449 g/mol. The largest absolute Gasteiger partial charge is 0.483 e. The number of ether oxygens (including phenoxy) is 1. The Hall–Kier alpha value is -2.01. The highest BCUT2D eigenvalue weighted by atomic mass is 79.9. The fourth-order valence-corrected chi connectivity index (χ4v) is 3.41. The Bertz CT molecular complexity index is 912. The maximum absolute atomic E-state index is 12.1. The van der Waals surface area contributed by atoms with Crippen LogP contribution in [0.2, 0.25) is 10.0 Å². The second kappa shape index (κ2) is 8.58. The number of rotatable bonds is 5. The van der Waals surface area contributed by atoms with Crippen molar-refractivity contribution < 1.29 is 9.53 Å². The zero-order valence-corrected chi connectivity index (χ0v) is 16.6. The fraction of sp³-hybridized carbons (Fsp3) is 0.0500. The molecule has 0 spiro atoms. The van der Waals surface area contributed by atoms with E-state index in [1.165, 1.54) is 0 Å². The first-order chi connectivity index (χ1) is 12.5. The maximum atomic E-state index is 12.1. The van der Waals surface area contributed by atoms with Crippen molar-refractivity contribution in [1.29, 1.82) is 0 Å². The van der Waals surface area contributed by atoms with Gasteiger partial charge in [0.25, 0.3) is 5.91 Å². The number of anilines is 1. The van der Waals surface area contributed by atoms with E-state index in [4.69, 9.17) is 27.9 Å². The van der Waals surface area contributed by atoms with Gasteiger partial charge in [-0.3, -0.25) is 4.79 Å². The molecule has 3 aromatic carbocycles. The molecule has 3 nitrogen and oxygen atoms in total. The van der Waals surface area contributed by atoms with Crippen molar-refractivity contribution in [1.82, 2.24) is 0 Å². The van der Waals surface area contributed by atoms with Crippen molar-refractivity contribution in [2.45, 2.75) is 0 Å². The van der Waals surface area contributed by atoms with Crippen LogP contribution in [0, 0.1) is 0 Å². The number of carbonyl (C=O) groups is 1. The van der Waals surface area contributed by atoms with Gasteiger partial charge in [-0.1, -0.05) is 59.6 Å². The predicted molar refractivity (Wildman–Crippen MR) is 110 cm³/mol. The summed E-state index contributed by atoms with van der Waals surface area (Å²) in [5.74, 6) is 0.284. The first kappa shape index (κ1) is 18.8. The third-order valence-corrected chi connectivity index (χ3v) is 4.60. The lowest BCUT2D eigenvalue weighted by Gasteiger charge is -2.11. The SMILES string of the molecule is O=C(COc1ccc(-c2ccccc2)cc1Br)Nc1cc(Cl)cc(Cl)c1. The van der Waals surface area contributed by atoms with Crippen LogP contribution in [-0.4, -0.2) is 12.5 Å². The van der Waals surface area contributed by atoms with Crippen LogP contribution in [0.5, 0.6) is 5.75 Å². The molecule has 1 N–H and O–H groups in total. The van der Waals surface area contributed by atoms with Gasteiger partial charge in [0, 0.05) is 15.7 Å². The van der Waals surface area contributed by atoms with E-state index in [0.29, 0.717) is 21.5 Å². The lowest BCUT2D eigenvalue weighted by molar-refractivity contribution is -0.118. The predicted octanol–water partition coefficient (Wildman–Crippen LogP) is 6.44. The third kappa shape index (κ3) is 5.01. The highest BCUT2D eigenvalue weighted by Gasteiger charge is 2.09. The number of carbonyl (C=O) groups excluding carboxylic acids is 1. The molecule has 6 heteroatoms. The molecule has 26 heavy (non-hydrogen) atoms. The topological polar surface area (TPSA) is 38.3 Å². The van der Waals surface area contributed by atoms with E-state index in [1.807, 2.05) is 48.5 Å². The number of hydrogen-bond donors (Lipinski definition) is 1. The molecule has 3 rings (SSSR count). The average molecular weight is 451 g/mol. The number of nitrogens with one attached hydrogen (secondary N) is 1. The molecular formula is C20H14BrCl2NO2. The van der Waals surface area contributed by atoms with Crippen molar-refractivity contribution in [3.8, 4) is 16.9 Å². The van der Waals surface area contributed by atoms with E-state index in [-0.39, 0.29) is 12.5 Å². The zero-order chi connectivity index (χ0) is 18.5. The summed E-state index contributed by atoms with van der Waals surface area (Å²) >= 11 is 15.3. The quantitative estimate of drug-likeness (QED) is 0.485. The summed E-state index contributed by atoms with van der Waals surface area (Å²) in [5, 5.41) is 3.61. The minimum absolute atomic E-state index is 0.132. The Morgan fingerprint density at radius 2 is 1.62 bits per heavy atom. The van der Waals surface area contributed by atoms with Crippen molar-refractivity contribution in [2.24, 2.45) is 0 Å². The van der Waals surface area contributed by atoms with E-state index in [1.54, 1.807) is 18.2 Å². The van der Waals surface area contributed by atoms with Gasteiger partial charge in [0.05, 0.1) is 4.47 Å². The van der Waals surface area contributed by atoms with Gasteiger partial charge in [0.2, 0.25) is 0 Å². The van der Waals surface area contributed by atoms with Crippen LogP contribution in [0.15, 0.2) is 71.2 Å². The van der Waals surface area contributed by atoms with Gasteiger partial charge in [-0.25, -0.2) is 0 Å². The molecule has 0 fully saturated rings. The summed E-state index contributed by atoms with van der Waals surface area (Å²) in [4.78, 5) is 12.1. The van der Waals surface area contributed by atoms with Gasteiger partial charge in [-0.05, 0) is 57.4 Å². The van der Waals surface area contributed by atoms with E-state index in [0.717, 1.165) is 15.6 Å². The number of hydrogen-bond acceptors (Lipinski definition) is 2. The highest BCUT2D eigenvalue weighted by Crippen LogP contribution is 2.30. The third-order valence-electron chi connectivity index (χ3n) is 3.54. The Morgan fingerprint density at radius 1 is 0.923 bits per heavy atom. The summed E-state index contributed by atoms with van der Waals surface area (Å²) in [7, 11) is 0. The van der Waals surface area contributed by atoms with Crippen molar-refractivity contribution in [2.75, 3.05) is 11.9 Å². The number of halogens is 3. The molecule has 0 aliphatic rings. The summed E-state index contributed by atoms with van der Waals surface area (Å²) in [6.07, 6.45) is 0. The first-order valence-electron chi connectivity index (χ1n) is 7.75. The van der Waals surface area contributed by atoms with Crippen LogP contribution in [0.1, 0.15) is 0 Å². The molecule has 1 amide bonds. The molecule has 0 bridgehead atoms. The number of amides is 1. The molecule has 0 saturated heterocycles. The molecule has 0 heterocycles. The van der Waals surface area contributed by atoms with Crippen LogP contribution in [0.3, 0.4) is 0 Å². The molecule has 0 aliphatic carbocycles. The minimum atomic E-state index is -0.303. The lowest BCUT2D eigenvalue weighted by Crippen LogP contribution is -2.20. The Labute approximate surface area is 170 Å². The molecule has 0 aromatic heterocycles. The molecule has 0 atom stereocenters. The van der Waals surface area contributed by atoms with Crippen molar-refractivity contribution >= 4 is 50.7 Å².